The molecule has 172 valence electrons. The van der Waals surface area contributed by atoms with E-state index >= 15 is 0 Å². The molecule has 0 aromatic carbocycles. The summed E-state index contributed by atoms with van der Waals surface area (Å²) < 4.78 is 11.9. The lowest BCUT2D eigenvalue weighted by molar-refractivity contribution is -0.883. The van der Waals surface area contributed by atoms with Crippen LogP contribution in [0.5, 0.6) is 0 Å². The van der Waals surface area contributed by atoms with E-state index < -0.39 is 8.03 Å². The molecule has 0 fully saturated rings. The molecule has 29 heavy (non-hydrogen) atoms. The standard InChI is InChI=1S/C25H51NO2P/c1-5-6-7-8-9-10-11-12-13-14-15-16-17-18-19-20-21-22-23-24-25(29(27)28)26(2,3)4/h20-21,25H,5-19,22-24H2,1-4H3/q+1. The first-order chi connectivity index (χ1) is 13.9. The van der Waals surface area contributed by atoms with Crippen LogP contribution in [0.15, 0.2) is 12.2 Å². The molecule has 0 N–H and O–H groups in total. The van der Waals surface area contributed by atoms with Crippen molar-refractivity contribution in [2.45, 2.75) is 128 Å². The zero-order valence-electron chi connectivity index (χ0n) is 20.2. The minimum atomic E-state index is -2.35. The lowest BCUT2D eigenvalue weighted by Gasteiger charge is -2.27. The summed E-state index contributed by atoms with van der Waals surface area (Å²) in [6.07, 6.45) is 28.1. The molecule has 0 spiro atoms. The Hall–Kier alpha value is -0.240. The molecule has 3 nitrogen and oxygen atoms in total. The number of hydrogen-bond acceptors (Lipinski definition) is 2. The van der Waals surface area contributed by atoms with Gasteiger partial charge in [0.2, 0.25) is 0 Å². The molecule has 0 saturated heterocycles. The Labute approximate surface area is 183 Å². The van der Waals surface area contributed by atoms with Crippen LogP contribution in [0.1, 0.15) is 122 Å². The van der Waals surface area contributed by atoms with E-state index in [4.69, 9.17) is 0 Å². The number of unbranched alkanes of at least 4 members (excludes halogenated alkanes) is 15. The molecule has 0 heterocycles. The zero-order chi connectivity index (χ0) is 21.8. The third-order valence-electron chi connectivity index (χ3n) is 5.86. The van der Waals surface area contributed by atoms with Gasteiger partial charge < -0.3 is 4.89 Å². The molecule has 0 rings (SSSR count). The van der Waals surface area contributed by atoms with Crippen LogP contribution in [-0.4, -0.2) is 31.4 Å². The molecule has 0 aliphatic rings. The van der Waals surface area contributed by atoms with E-state index in [1.807, 2.05) is 21.1 Å². The van der Waals surface area contributed by atoms with Crippen LogP contribution in [0, 0.1) is 0 Å². The second-order valence-corrected chi connectivity index (χ2v) is 10.8. The first-order valence-corrected chi connectivity index (χ1v) is 13.7. The lowest BCUT2D eigenvalue weighted by atomic mass is 10.0. The van der Waals surface area contributed by atoms with Gasteiger partial charge in [-0.25, -0.2) is 0 Å². The smallest absolute Gasteiger partial charge is 0.373 e. The van der Waals surface area contributed by atoms with Gasteiger partial charge in [-0.2, -0.15) is 0 Å². The zero-order valence-corrected chi connectivity index (χ0v) is 21.1. The maximum atomic E-state index is 11.4. The minimum Gasteiger partial charge on any atom is -0.591 e. The van der Waals surface area contributed by atoms with Gasteiger partial charge in [0.15, 0.2) is 0 Å². The highest BCUT2D eigenvalue weighted by molar-refractivity contribution is 7.37. The molecule has 0 aliphatic carbocycles. The maximum Gasteiger partial charge on any atom is 0.373 e. The summed E-state index contributed by atoms with van der Waals surface area (Å²) in [4.78, 5) is 11.4. The number of nitrogens with zero attached hydrogens (tertiary/aromatic N) is 1. The molecule has 0 radical (unpaired) electrons. The fraction of sp³-hybridized carbons (Fsp3) is 0.920. The van der Waals surface area contributed by atoms with Gasteiger partial charge in [-0.15, -0.1) is 0 Å². The molecule has 0 bridgehead atoms. The van der Waals surface area contributed by atoms with E-state index in [0.29, 0.717) is 4.48 Å². The van der Waals surface area contributed by atoms with Crippen LogP contribution >= 0.6 is 8.03 Å². The number of hydrogen-bond donors (Lipinski definition) is 0. The summed E-state index contributed by atoms with van der Waals surface area (Å²) in [5.41, 5.74) is 0. The summed E-state index contributed by atoms with van der Waals surface area (Å²) in [5, 5.41) is 0. The molecule has 2 unspecified atom stereocenters. The molecule has 0 aliphatic heterocycles. The Morgan fingerprint density at radius 1 is 0.690 bits per heavy atom. The Bertz CT molecular complexity index is 404. The highest BCUT2D eigenvalue weighted by Crippen LogP contribution is 2.28. The predicted octanol–water partition coefficient (Wildman–Crippen LogP) is 7.72. The molecular weight excluding hydrogens is 377 g/mol. The Balaban J connectivity index is 3.35. The molecule has 4 heteroatoms. The SMILES string of the molecule is CCCCCCCCCCCCCCCCC=CCCCC([P+](=O)[O-])[N+](C)(C)C. The van der Waals surface area contributed by atoms with E-state index in [9.17, 15) is 9.46 Å². The number of rotatable bonds is 21. The summed E-state index contributed by atoms with van der Waals surface area (Å²) in [6, 6.07) is 0. The van der Waals surface area contributed by atoms with Gasteiger partial charge in [0, 0.05) is 6.42 Å². The van der Waals surface area contributed by atoms with Gasteiger partial charge in [0.1, 0.15) is 0 Å². The Morgan fingerprint density at radius 3 is 1.45 bits per heavy atom. The number of allylic oxidation sites excluding steroid dienone is 2. The summed E-state index contributed by atoms with van der Waals surface area (Å²) in [6.45, 7) is 2.28. The molecular formula is C25H51NO2P+. The average molecular weight is 429 g/mol. The quantitative estimate of drug-likeness (QED) is 0.0812. The van der Waals surface area contributed by atoms with Crippen molar-refractivity contribution in [2.24, 2.45) is 0 Å². The van der Waals surface area contributed by atoms with Gasteiger partial charge in [-0.3, -0.25) is 4.48 Å². The summed E-state index contributed by atoms with van der Waals surface area (Å²) >= 11 is 0. The second kappa shape index (κ2) is 19.7. The molecule has 2 atom stereocenters. The predicted molar refractivity (Wildman–Crippen MR) is 127 cm³/mol. The fourth-order valence-corrected chi connectivity index (χ4v) is 4.85. The maximum absolute atomic E-state index is 11.4. The van der Waals surface area contributed by atoms with Crippen LogP contribution in [0.25, 0.3) is 0 Å². The van der Waals surface area contributed by atoms with Gasteiger partial charge in [0.25, 0.3) is 5.78 Å². The van der Waals surface area contributed by atoms with E-state index in [0.717, 1.165) is 19.3 Å². The highest BCUT2D eigenvalue weighted by Gasteiger charge is 2.34. The first-order valence-electron chi connectivity index (χ1n) is 12.5. The second-order valence-electron chi connectivity index (χ2n) is 9.67. The van der Waals surface area contributed by atoms with Crippen molar-refractivity contribution in [1.29, 1.82) is 0 Å². The lowest BCUT2D eigenvalue weighted by Crippen LogP contribution is -2.44. The van der Waals surface area contributed by atoms with Gasteiger partial charge in [-0.1, -0.05) is 107 Å². The monoisotopic (exact) mass is 428 g/mol. The largest absolute Gasteiger partial charge is 0.591 e. The fourth-order valence-electron chi connectivity index (χ4n) is 3.89. The van der Waals surface area contributed by atoms with E-state index in [1.165, 1.54) is 96.3 Å². The van der Waals surface area contributed by atoms with Crippen LogP contribution in [0.3, 0.4) is 0 Å². The van der Waals surface area contributed by atoms with Crippen molar-refractivity contribution in [1.82, 2.24) is 0 Å². The minimum absolute atomic E-state index is 0.260. The van der Waals surface area contributed by atoms with Crippen molar-refractivity contribution in [3.63, 3.8) is 0 Å². The molecule has 0 aromatic heterocycles. The third-order valence-corrected chi connectivity index (χ3v) is 7.30. The van der Waals surface area contributed by atoms with Gasteiger partial charge >= 0.3 is 8.03 Å². The molecule has 0 amide bonds. The average Bonchev–Trinajstić information content (AvgIpc) is 2.65. The Kier molecular flexibility index (Phi) is 19.5. The number of quaternary nitrogens is 1. The molecule has 0 aromatic rings. The first kappa shape index (κ1) is 28.8. The van der Waals surface area contributed by atoms with Crippen molar-refractivity contribution in [3.8, 4) is 0 Å². The van der Waals surface area contributed by atoms with Crippen LogP contribution in [0.4, 0.5) is 0 Å². The van der Waals surface area contributed by atoms with Gasteiger partial charge in [0.05, 0.1) is 21.1 Å². The summed E-state index contributed by atoms with van der Waals surface area (Å²) in [5.74, 6) is -0.260. The van der Waals surface area contributed by atoms with Crippen molar-refractivity contribution in [3.05, 3.63) is 12.2 Å². The van der Waals surface area contributed by atoms with Gasteiger partial charge in [-0.05, 0) is 25.7 Å². The molecule has 0 saturated carbocycles. The summed E-state index contributed by atoms with van der Waals surface area (Å²) in [7, 11) is 3.53. The van der Waals surface area contributed by atoms with Crippen molar-refractivity contribution < 1.29 is 13.9 Å². The van der Waals surface area contributed by atoms with E-state index in [-0.39, 0.29) is 5.78 Å². The van der Waals surface area contributed by atoms with Crippen molar-refractivity contribution in [2.75, 3.05) is 21.1 Å². The van der Waals surface area contributed by atoms with Crippen molar-refractivity contribution >= 4 is 8.03 Å². The van der Waals surface area contributed by atoms with Crippen LogP contribution < -0.4 is 4.89 Å². The van der Waals surface area contributed by atoms with E-state index in [1.54, 1.807) is 0 Å². The topological polar surface area (TPSA) is 40.1 Å². The van der Waals surface area contributed by atoms with Crippen LogP contribution in [-0.2, 0) is 4.57 Å². The normalized spacial score (nSPS) is 13.9. The Morgan fingerprint density at radius 2 is 1.07 bits per heavy atom. The van der Waals surface area contributed by atoms with E-state index in [2.05, 4.69) is 19.1 Å². The highest BCUT2D eigenvalue weighted by atomic mass is 31.1. The van der Waals surface area contributed by atoms with Crippen LogP contribution in [0.2, 0.25) is 0 Å². The third kappa shape index (κ3) is 19.5.